The molecule has 1 unspecified atom stereocenters. The summed E-state index contributed by atoms with van der Waals surface area (Å²) in [6.45, 7) is 0. The molecule has 0 saturated heterocycles. The van der Waals surface area contributed by atoms with Gasteiger partial charge in [-0.25, -0.2) is 4.39 Å². The van der Waals surface area contributed by atoms with E-state index in [1.807, 2.05) is 6.07 Å². The Balaban J connectivity index is 2.30. The minimum atomic E-state index is -0.863. The number of rotatable bonds is 4. The van der Waals surface area contributed by atoms with Gasteiger partial charge in [-0.15, -0.1) is 0 Å². The number of carbonyl (C=O) groups is 1. The fourth-order valence-corrected chi connectivity index (χ4v) is 1.72. The largest absolute Gasteiger partial charge is 0.505 e. The van der Waals surface area contributed by atoms with Crippen LogP contribution in [-0.4, -0.2) is 11.0 Å². The fraction of sp³-hybridized carbons (Fsp3) is 0.0714. The molecule has 0 aliphatic carbocycles. The zero-order chi connectivity index (χ0) is 13.8. The first-order chi connectivity index (χ1) is 9.08. The maximum atomic E-state index is 13.3. The number of nitrogens with two attached hydrogens (primary N) is 1. The number of primary amides is 1. The van der Waals surface area contributed by atoms with Gasteiger partial charge in [0.25, 0.3) is 0 Å². The second-order valence-electron chi connectivity index (χ2n) is 4.06. The maximum absolute atomic E-state index is 13.3. The average Bonchev–Trinajstić information content (AvgIpc) is 2.40. The van der Waals surface area contributed by atoms with E-state index >= 15 is 0 Å². The van der Waals surface area contributed by atoms with Crippen LogP contribution in [0.3, 0.4) is 0 Å². The lowest BCUT2D eigenvalue weighted by Gasteiger charge is -2.17. The molecule has 4 nitrogen and oxygen atoms in total. The predicted molar refractivity (Wildman–Crippen MR) is 70.1 cm³/mol. The summed E-state index contributed by atoms with van der Waals surface area (Å²) in [6.07, 6.45) is 0. The molecular formula is C14H13FN2O2. The Morgan fingerprint density at radius 2 is 1.89 bits per heavy atom. The summed E-state index contributed by atoms with van der Waals surface area (Å²) in [4.78, 5) is 11.5. The highest BCUT2D eigenvalue weighted by Gasteiger charge is 2.18. The monoisotopic (exact) mass is 260 g/mol. The number of nitrogens with one attached hydrogen (secondary N) is 1. The third-order valence-corrected chi connectivity index (χ3v) is 2.67. The van der Waals surface area contributed by atoms with E-state index in [-0.39, 0.29) is 0 Å². The molecule has 0 aromatic heterocycles. The summed E-state index contributed by atoms with van der Waals surface area (Å²) in [5.74, 6) is -1.89. The van der Waals surface area contributed by atoms with E-state index in [0.29, 0.717) is 11.3 Å². The van der Waals surface area contributed by atoms with Crippen LogP contribution in [-0.2, 0) is 4.79 Å². The van der Waals surface area contributed by atoms with Crippen LogP contribution in [0.4, 0.5) is 10.1 Å². The van der Waals surface area contributed by atoms with E-state index in [0.717, 1.165) is 6.07 Å². The number of aromatic hydroxyl groups is 1. The summed E-state index contributed by atoms with van der Waals surface area (Å²) in [6, 6.07) is 11.8. The molecule has 0 heterocycles. The summed E-state index contributed by atoms with van der Waals surface area (Å²) in [5, 5.41) is 12.1. The number of hydrogen-bond donors (Lipinski definition) is 3. The number of hydrogen-bond acceptors (Lipinski definition) is 3. The lowest BCUT2D eigenvalue weighted by molar-refractivity contribution is -0.118. The van der Waals surface area contributed by atoms with Crippen molar-refractivity contribution in [3.05, 3.63) is 59.9 Å². The van der Waals surface area contributed by atoms with E-state index in [1.165, 1.54) is 12.1 Å². The van der Waals surface area contributed by atoms with Crippen molar-refractivity contribution in [2.75, 3.05) is 5.32 Å². The number of phenolic OH excluding ortho intramolecular Hbond substituents is 1. The van der Waals surface area contributed by atoms with Gasteiger partial charge in [-0.2, -0.15) is 0 Å². The van der Waals surface area contributed by atoms with Gasteiger partial charge < -0.3 is 16.2 Å². The summed E-state index contributed by atoms with van der Waals surface area (Å²) in [5.41, 5.74) is 6.37. The molecule has 0 fully saturated rings. The Morgan fingerprint density at radius 1 is 1.21 bits per heavy atom. The number of para-hydroxylation sites is 1. The van der Waals surface area contributed by atoms with Crippen molar-refractivity contribution in [3.63, 3.8) is 0 Å². The van der Waals surface area contributed by atoms with Crippen molar-refractivity contribution in [1.82, 2.24) is 0 Å². The molecule has 1 atom stereocenters. The quantitative estimate of drug-likeness (QED) is 0.788. The topological polar surface area (TPSA) is 75.4 Å². The van der Waals surface area contributed by atoms with Crippen molar-refractivity contribution in [2.45, 2.75) is 6.04 Å². The molecule has 0 saturated carbocycles. The third-order valence-electron chi connectivity index (χ3n) is 2.67. The van der Waals surface area contributed by atoms with Gasteiger partial charge >= 0.3 is 0 Å². The smallest absolute Gasteiger partial charge is 0.244 e. The Hall–Kier alpha value is -2.56. The SMILES string of the molecule is NC(=O)C(Nc1ccccc1)c1ccc(O)c(F)c1. The molecule has 5 heteroatoms. The van der Waals surface area contributed by atoms with Crippen LogP contribution in [0.5, 0.6) is 5.75 Å². The van der Waals surface area contributed by atoms with Crippen LogP contribution in [0.15, 0.2) is 48.5 Å². The number of anilines is 1. The lowest BCUT2D eigenvalue weighted by atomic mass is 10.1. The standard InChI is InChI=1S/C14H13FN2O2/c15-11-8-9(6-7-12(11)18)13(14(16)19)17-10-4-2-1-3-5-10/h1-8,13,17-18H,(H2,16,19). The number of halogens is 1. The van der Waals surface area contributed by atoms with Crippen molar-refractivity contribution in [2.24, 2.45) is 5.73 Å². The zero-order valence-corrected chi connectivity index (χ0v) is 10.0. The fourth-order valence-electron chi connectivity index (χ4n) is 1.72. The van der Waals surface area contributed by atoms with E-state index in [4.69, 9.17) is 10.8 Å². The molecule has 2 aromatic rings. The van der Waals surface area contributed by atoms with Crippen LogP contribution in [0, 0.1) is 5.82 Å². The van der Waals surface area contributed by atoms with Crippen LogP contribution in [0.2, 0.25) is 0 Å². The van der Waals surface area contributed by atoms with Gasteiger partial charge in [0.15, 0.2) is 11.6 Å². The second-order valence-corrected chi connectivity index (χ2v) is 4.06. The summed E-state index contributed by atoms with van der Waals surface area (Å²) < 4.78 is 13.3. The van der Waals surface area contributed by atoms with Crippen molar-refractivity contribution >= 4 is 11.6 Å². The molecule has 1 amide bonds. The van der Waals surface area contributed by atoms with Gasteiger partial charge in [-0.1, -0.05) is 24.3 Å². The number of benzene rings is 2. The molecule has 4 N–H and O–H groups in total. The van der Waals surface area contributed by atoms with Crippen LogP contribution < -0.4 is 11.1 Å². The molecule has 98 valence electrons. The van der Waals surface area contributed by atoms with Gasteiger partial charge in [0.05, 0.1) is 0 Å². The highest BCUT2D eigenvalue weighted by molar-refractivity contribution is 5.84. The Morgan fingerprint density at radius 3 is 2.47 bits per heavy atom. The molecule has 0 spiro atoms. The number of amides is 1. The first-order valence-electron chi connectivity index (χ1n) is 5.67. The molecule has 0 aliphatic rings. The normalized spacial score (nSPS) is 11.8. The van der Waals surface area contributed by atoms with Gasteiger partial charge in [-0.3, -0.25) is 4.79 Å². The molecule has 2 rings (SSSR count). The molecule has 19 heavy (non-hydrogen) atoms. The molecule has 0 radical (unpaired) electrons. The van der Waals surface area contributed by atoms with Gasteiger partial charge in [0.2, 0.25) is 5.91 Å². The van der Waals surface area contributed by atoms with E-state index in [9.17, 15) is 9.18 Å². The first kappa shape index (κ1) is 12.9. The predicted octanol–water partition coefficient (Wildman–Crippen LogP) is 2.17. The van der Waals surface area contributed by atoms with Crippen molar-refractivity contribution in [3.8, 4) is 5.75 Å². The maximum Gasteiger partial charge on any atom is 0.244 e. The molecule has 0 aliphatic heterocycles. The Labute approximate surface area is 109 Å². The summed E-state index contributed by atoms with van der Waals surface area (Å²) in [7, 11) is 0. The van der Waals surface area contributed by atoms with Gasteiger partial charge in [0.1, 0.15) is 6.04 Å². The van der Waals surface area contributed by atoms with Gasteiger partial charge in [-0.05, 0) is 29.8 Å². The lowest BCUT2D eigenvalue weighted by Crippen LogP contribution is -2.27. The number of carbonyl (C=O) groups excluding carboxylic acids is 1. The molecule has 2 aromatic carbocycles. The van der Waals surface area contributed by atoms with Crippen molar-refractivity contribution < 1.29 is 14.3 Å². The minimum absolute atomic E-state index is 0.353. The highest BCUT2D eigenvalue weighted by atomic mass is 19.1. The van der Waals surface area contributed by atoms with Crippen molar-refractivity contribution in [1.29, 1.82) is 0 Å². The van der Waals surface area contributed by atoms with Crippen LogP contribution in [0.25, 0.3) is 0 Å². The average molecular weight is 260 g/mol. The van der Waals surface area contributed by atoms with E-state index in [2.05, 4.69) is 5.32 Å². The van der Waals surface area contributed by atoms with E-state index in [1.54, 1.807) is 24.3 Å². The zero-order valence-electron chi connectivity index (χ0n) is 10.0. The minimum Gasteiger partial charge on any atom is -0.505 e. The Kier molecular flexibility index (Phi) is 3.66. The Bertz CT molecular complexity index is 587. The van der Waals surface area contributed by atoms with E-state index < -0.39 is 23.5 Å². The first-order valence-corrected chi connectivity index (χ1v) is 5.67. The molecular weight excluding hydrogens is 247 g/mol. The van der Waals surface area contributed by atoms with Crippen LogP contribution >= 0.6 is 0 Å². The second kappa shape index (κ2) is 5.39. The molecule has 0 bridgehead atoms. The highest BCUT2D eigenvalue weighted by Crippen LogP contribution is 2.23. The number of phenols is 1. The van der Waals surface area contributed by atoms with Crippen LogP contribution in [0.1, 0.15) is 11.6 Å². The third kappa shape index (κ3) is 3.01. The summed E-state index contributed by atoms with van der Waals surface area (Å²) >= 11 is 0. The van der Waals surface area contributed by atoms with Gasteiger partial charge in [0, 0.05) is 5.69 Å².